The Morgan fingerprint density at radius 3 is 2.50 bits per heavy atom. The molecule has 1 atom stereocenters. The minimum atomic E-state index is -2.76. The van der Waals surface area contributed by atoms with E-state index in [0.29, 0.717) is 80.0 Å². The van der Waals surface area contributed by atoms with Crippen LogP contribution in [0.1, 0.15) is 37.9 Å². The van der Waals surface area contributed by atoms with Crippen LogP contribution < -0.4 is 15.5 Å². The number of halogens is 2. The molecular weight excluding hydrogens is 496 g/mol. The number of alkyl halides is 2. The van der Waals surface area contributed by atoms with Crippen molar-refractivity contribution in [2.24, 2.45) is 5.92 Å². The molecule has 1 saturated heterocycles. The van der Waals surface area contributed by atoms with Gasteiger partial charge in [0.15, 0.2) is 5.82 Å². The summed E-state index contributed by atoms with van der Waals surface area (Å²) in [6.45, 7) is 3.28. The van der Waals surface area contributed by atoms with Crippen molar-refractivity contribution in [2.75, 3.05) is 56.2 Å². The number of rotatable bonds is 10. The van der Waals surface area contributed by atoms with Gasteiger partial charge >= 0.3 is 0 Å². The maximum Gasteiger partial charge on any atom is 0.296 e. The quantitative estimate of drug-likeness (QED) is 0.313. The highest BCUT2D eigenvalue weighted by Gasteiger charge is 2.25. The third kappa shape index (κ3) is 6.20. The van der Waals surface area contributed by atoms with E-state index in [0.717, 1.165) is 25.7 Å². The number of hydrogen-bond acceptors (Lipinski definition) is 9. The number of imidazole rings is 1. The smallest absolute Gasteiger partial charge is 0.296 e. The molecule has 1 aliphatic carbocycles. The molecule has 2 fully saturated rings. The lowest BCUT2D eigenvalue weighted by Crippen LogP contribution is -2.39. The molecule has 12 heteroatoms. The molecule has 206 valence electrons. The summed E-state index contributed by atoms with van der Waals surface area (Å²) in [5.41, 5.74) is 1.05. The number of nitrogens with zero attached hydrogens (tertiary/aromatic N) is 5. The number of para-hydroxylation sites is 2. The molecule has 3 heterocycles. The first kappa shape index (κ1) is 26.7. The highest BCUT2D eigenvalue weighted by Crippen LogP contribution is 2.30. The molecule has 1 saturated carbocycles. The third-order valence-electron chi connectivity index (χ3n) is 7.29. The van der Waals surface area contributed by atoms with Gasteiger partial charge in [-0.15, -0.1) is 0 Å². The highest BCUT2D eigenvalue weighted by molar-refractivity contribution is 5.78. The van der Waals surface area contributed by atoms with E-state index < -0.39 is 12.5 Å². The van der Waals surface area contributed by atoms with Gasteiger partial charge in [0.25, 0.3) is 6.43 Å². The van der Waals surface area contributed by atoms with Crippen LogP contribution in [0.3, 0.4) is 0 Å². The summed E-state index contributed by atoms with van der Waals surface area (Å²) in [7, 11) is 0. The van der Waals surface area contributed by atoms with Crippen LogP contribution in [-0.4, -0.2) is 87.9 Å². The summed E-state index contributed by atoms with van der Waals surface area (Å²) in [5.74, 6) is 1.48. The molecule has 0 spiro atoms. The van der Waals surface area contributed by atoms with Crippen LogP contribution in [0.2, 0.25) is 0 Å². The summed E-state index contributed by atoms with van der Waals surface area (Å²) < 4.78 is 35.0. The van der Waals surface area contributed by atoms with Crippen molar-refractivity contribution in [1.82, 2.24) is 24.8 Å². The number of aliphatic hydroxyl groups excluding tert-OH is 2. The number of ether oxygens (including phenoxy) is 1. The molecule has 38 heavy (non-hydrogen) atoms. The van der Waals surface area contributed by atoms with E-state index in [-0.39, 0.29) is 12.4 Å². The zero-order valence-corrected chi connectivity index (χ0v) is 21.3. The minimum absolute atomic E-state index is 0.245. The van der Waals surface area contributed by atoms with E-state index in [1.54, 1.807) is 30.3 Å². The zero-order chi connectivity index (χ0) is 26.5. The molecule has 2 aliphatic rings. The number of fused-ring (bicyclic) bond motifs is 1. The molecule has 2 aromatic heterocycles. The Hall–Kier alpha value is -2.93. The second kappa shape index (κ2) is 12.3. The van der Waals surface area contributed by atoms with Gasteiger partial charge < -0.3 is 30.5 Å². The van der Waals surface area contributed by atoms with Crippen LogP contribution in [-0.2, 0) is 4.74 Å². The molecule has 0 amide bonds. The first-order valence-electron chi connectivity index (χ1n) is 13.3. The van der Waals surface area contributed by atoms with Crippen LogP contribution in [0.15, 0.2) is 30.3 Å². The van der Waals surface area contributed by atoms with Crippen molar-refractivity contribution >= 4 is 22.8 Å². The molecule has 0 radical (unpaired) electrons. The van der Waals surface area contributed by atoms with Crippen LogP contribution in [0.5, 0.6) is 0 Å². The summed E-state index contributed by atoms with van der Waals surface area (Å²) in [5, 5.41) is 25.3. The zero-order valence-electron chi connectivity index (χ0n) is 21.3. The van der Waals surface area contributed by atoms with Gasteiger partial charge in [-0.2, -0.15) is 9.97 Å². The second-order valence-corrected chi connectivity index (χ2v) is 9.95. The molecule has 0 bridgehead atoms. The molecule has 5 rings (SSSR count). The van der Waals surface area contributed by atoms with Crippen molar-refractivity contribution in [2.45, 2.75) is 44.3 Å². The number of aliphatic hydroxyl groups is 2. The van der Waals surface area contributed by atoms with Crippen molar-refractivity contribution in [3.05, 3.63) is 36.2 Å². The van der Waals surface area contributed by atoms with Gasteiger partial charge in [0, 0.05) is 38.3 Å². The lowest BCUT2D eigenvalue weighted by Gasteiger charge is -2.30. The van der Waals surface area contributed by atoms with Crippen molar-refractivity contribution < 1.29 is 23.7 Å². The second-order valence-electron chi connectivity index (χ2n) is 9.95. The molecule has 10 nitrogen and oxygen atoms in total. The van der Waals surface area contributed by atoms with Gasteiger partial charge in [0.05, 0.1) is 37.0 Å². The SMILES string of the molecule is OCC(O)CNC1CCC(CNc2nc(N3CCOCC3)cc(-n3c(C(F)F)nc4ccccc43)n2)CC1. The maximum absolute atomic E-state index is 14.0. The Labute approximate surface area is 220 Å². The Morgan fingerprint density at radius 2 is 1.76 bits per heavy atom. The Bertz CT molecular complexity index is 1200. The number of nitrogens with one attached hydrogen (secondary N) is 2. The number of hydrogen-bond donors (Lipinski definition) is 4. The van der Waals surface area contributed by atoms with Crippen molar-refractivity contribution in [1.29, 1.82) is 0 Å². The van der Waals surface area contributed by atoms with Crippen LogP contribution in [0.25, 0.3) is 16.9 Å². The molecular formula is C26H35F2N7O3. The van der Waals surface area contributed by atoms with Gasteiger partial charge in [0.2, 0.25) is 5.95 Å². The van der Waals surface area contributed by atoms with E-state index in [1.165, 1.54) is 4.57 Å². The van der Waals surface area contributed by atoms with E-state index >= 15 is 0 Å². The lowest BCUT2D eigenvalue weighted by atomic mass is 9.86. The first-order chi connectivity index (χ1) is 18.5. The van der Waals surface area contributed by atoms with Gasteiger partial charge in [-0.25, -0.2) is 13.8 Å². The Balaban J connectivity index is 1.36. The Kier molecular flexibility index (Phi) is 8.62. The van der Waals surface area contributed by atoms with Gasteiger partial charge in [-0.3, -0.25) is 4.57 Å². The molecule has 1 unspecified atom stereocenters. The number of benzene rings is 1. The Morgan fingerprint density at radius 1 is 1.03 bits per heavy atom. The molecule has 1 aromatic carbocycles. The summed E-state index contributed by atoms with van der Waals surface area (Å²) in [6, 6.07) is 9.13. The lowest BCUT2D eigenvalue weighted by molar-refractivity contribution is 0.0896. The standard InChI is InChI=1S/C26H35F2N7O3/c27-24(28)25-31-20-3-1-2-4-21(20)35(25)23-13-22(34-9-11-38-12-10-34)32-26(33-23)30-14-17-5-7-18(8-6-17)29-15-19(37)16-36/h1-4,13,17-19,24,29,36-37H,5-12,14-16H2,(H,30,32,33). The van der Waals surface area contributed by atoms with Crippen molar-refractivity contribution in [3.8, 4) is 5.82 Å². The predicted molar refractivity (Wildman–Crippen MR) is 140 cm³/mol. The van der Waals surface area contributed by atoms with Gasteiger partial charge in [-0.05, 0) is 43.7 Å². The van der Waals surface area contributed by atoms with E-state index in [2.05, 4.69) is 25.5 Å². The van der Waals surface area contributed by atoms with Crippen LogP contribution >= 0.6 is 0 Å². The van der Waals surface area contributed by atoms with Crippen LogP contribution in [0, 0.1) is 5.92 Å². The average Bonchev–Trinajstić information content (AvgIpc) is 3.36. The van der Waals surface area contributed by atoms with Gasteiger partial charge in [0.1, 0.15) is 11.6 Å². The monoisotopic (exact) mass is 531 g/mol. The first-order valence-corrected chi connectivity index (χ1v) is 13.3. The van der Waals surface area contributed by atoms with Crippen LogP contribution in [0.4, 0.5) is 20.5 Å². The fraction of sp³-hybridized carbons (Fsp3) is 0.577. The van der Waals surface area contributed by atoms with Gasteiger partial charge in [-0.1, -0.05) is 12.1 Å². The predicted octanol–water partition coefficient (Wildman–Crippen LogP) is 2.50. The summed E-state index contributed by atoms with van der Waals surface area (Å²) in [4.78, 5) is 15.7. The number of aromatic nitrogens is 4. The fourth-order valence-electron chi connectivity index (χ4n) is 5.18. The van der Waals surface area contributed by atoms with E-state index in [4.69, 9.17) is 14.8 Å². The fourth-order valence-corrected chi connectivity index (χ4v) is 5.18. The minimum Gasteiger partial charge on any atom is -0.394 e. The van der Waals surface area contributed by atoms with E-state index in [1.807, 2.05) is 0 Å². The van der Waals surface area contributed by atoms with Crippen molar-refractivity contribution in [3.63, 3.8) is 0 Å². The molecule has 1 aliphatic heterocycles. The highest BCUT2D eigenvalue weighted by atomic mass is 19.3. The topological polar surface area (TPSA) is 121 Å². The maximum atomic E-state index is 14.0. The molecule has 3 aromatic rings. The largest absolute Gasteiger partial charge is 0.394 e. The third-order valence-corrected chi connectivity index (χ3v) is 7.29. The number of anilines is 2. The average molecular weight is 532 g/mol. The number of morpholine rings is 1. The normalized spacial score (nSPS) is 21.2. The summed E-state index contributed by atoms with van der Waals surface area (Å²) >= 11 is 0. The summed E-state index contributed by atoms with van der Waals surface area (Å²) in [6.07, 6.45) is 0.447. The van der Waals surface area contributed by atoms with E-state index in [9.17, 15) is 13.9 Å². The molecule has 4 N–H and O–H groups in total.